The van der Waals surface area contributed by atoms with E-state index in [2.05, 4.69) is 59.7 Å². The molecule has 4 heteroatoms. The van der Waals surface area contributed by atoms with Crippen LogP contribution in [0.5, 0.6) is 5.75 Å². The third-order valence-corrected chi connectivity index (χ3v) is 7.89. The van der Waals surface area contributed by atoms with Gasteiger partial charge in [-0.1, -0.05) is 59.7 Å². The highest BCUT2D eigenvalue weighted by atomic mass is 31.2. The summed E-state index contributed by atoms with van der Waals surface area (Å²) < 4.78 is 19.0. The van der Waals surface area contributed by atoms with Gasteiger partial charge in [-0.15, -0.1) is 0 Å². The van der Waals surface area contributed by atoms with Gasteiger partial charge in [0.15, 0.2) is 0 Å². The summed E-state index contributed by atoms with van der Waals surface area (Å²) in [6.45, 7) is 13.0. The second-order valence-electron chi connectivity index (χ2n) is 8.30. The predicted octanol–water partition coefficient (Wildman–Crippen LogP) is 7.10. The second-order valence-corrected chi connectivity index (χ2v) is 10.0. The average Bonchev–Trinajstić information content (AvgIpc) is 2.70. The van der Waals surface area contributed by atoms with E-state index in [0.717, 1.165) is 41.5 Å². The van der Waals surface area contributed by atoms with Crippen LogP contribution in [0.1, 0.15) is 95.2 Å². The van der Waals surface area contributed by atoms with Crippen molar-refractivity contribution in [1.82, 2.24) is 0 Å². The summed E-state index contributed by atoms with van der Waals surface area (Å²) in [6.07, 6.45) is 3.00. The molecule has 0 aromatic heterocycles. The molecular weight excluding hydrogens is 367 g/mol. The van der Waals surface area contributed by atoms with E-state index in [1.54, 1.807) is 0 Å². The molecule has 152 valence electrons. The van der Waals surface area contributed by atoms with Gasteiger partial charge in [-0.2, -0.15) is 0 Å². The van der Waals surface area contributed by atoms with Crippen LogP contribution in [-0.4, -0.2) is 4.89 Å². The SMILES string of the molecule is CCC(C)c1cc2c(c(C(C)CC)c1)OP(=O)(O)c1cc(C(C)CC)ccc1-2. The number of benzene rings is 2. The molecule has 1 aliphatic heterocycles. The molecule has 3 rings (SSSR count). The van der Waals surface area contributed by atoms with E-state index in [4.69, 9.17) is 4.52 Å². The van der Waals surface area contributed by atoms with Crippen LogP contribution in [0.3, 0.4) is 0 Å². The van der Waals surface area contributed by atoms with Gasteiger partial charge >= 0.3 is 7.60 Å². The van der Waals surface area contributed by atoms with Crippen molar-refractivity contribution in [3.8, 4) is 16.9 Å². The van der Waals surface area contributed by atoms with E-state index < -0.39 is 7.60 Å². The Morgan fingerprint density at radius 2 is 1.46 bits per heavy atom. The molecule has 1 heterocycles. The fourth-order valence-electron chi connectivity index (χ4n) is 3.81. The lowest BCUT2D eigenvalue weighted by atomic mass is 9.86. The Kier molecular flexibility index (Phi) is 6.08. The normalized spacial score (nSPS) is 21.2. The molecule has 1 N–H and O–H groups in total. The quantitative estimate of drug-likeness (QED) is 0.526. The van der Waals surface area contributed by atoms with Crippen molar-refractivity contribution in [2.24, 2.45) is 0 Å². The van der Waals surface area contributed by atoms with E-state index in [1.807, 2.05) is 12.1 Å². The molecule has 2 aromatic rings. The average molecular weight is 400 g/mol. The van der Waals surface area contributed by atoms with Crippen molar-refractivity contribution < 1.29 is 14.0 Å². The molecule has 2 aromatic carbocycles. The summed E-state index contributed by atoms with van der Waals surface area (Å²) in [5, 5.41) is 0.439. The first-order chi connectivity index (χ1) is 13.2. The van der Waals surface area contributed by atoms with Gasteiger partial charge in [0, 0.05) is 11.1 Å². The maximum absolute atomic E-state index is 13.2. The molecule has 0 bridgehead atoms. The Hall–Kier alpha value is -1.57. The minimum Gasteiger partial charge on any atom is -0.420 e. The molecule has 0 amide bonds. The number of fused-ring (bicyclic) bond motifs is 3. The predicted molar refractivity (Wildman–Crippen MR) is 118 cm³/mol. The lowest BCUT2D eigenvalue weighted by Gasteiger charge is -2.30. The molecule has 3 nitrogen and oxygen atoms in total. The number of hydrogen-bond acceptors (Lipinski definition) is 2. The van der Waals surface area contributed by atoms with Crippen LogP contribution < -0.4 is 9.83 Å². The van der Waals surface area contributed by atoms with Crippen LogP contribution in [0, 0.1) is 0 Å². The Balaban J connectivity index is 2.29. The number of rotatable bonds is 6. The number of hydrogen-bond donors (Lipinski definition) is 1. The highest BCUT2D eigenvalue weighted by Gasteiger charge is 2.37. The molecule has 4 unspecified atom stereocenters. The van der Waals surface area contributed by atoms with Crippen LogP contribution in [0.4, 0.5) is 0 Å². The van der Waals surface area contributed by atoms with Crippen molar-refractivity contribution >= 4 is 12.9 Å². The van der Waals surface area contributed by atoms with E-state index >= 15 is 0 Å². The first-order valence-electron chi connectivity index (χ1n) is 10.6. The van der Waals surface area contributed by atoms with Crippen molar-refractivity contribution in [2.75, 3.05) is 0 Å². The summed E-state index contributed by atoms with van der Waals surface area (Å²) in [5.74, 6) is 1.63. The fourth-order valence-corrected chi connectivity index (χ4v) is 5.17. The second kappa shape index (κ2) is 8.05. The maximum Gasteiger partial charge on any atom is 0.408 e. The molecule has 0 spiro atoms. The van der Waals surface area contributed by atoms with Crippen LogP contribution in [0.25, 0.3) is 11.1 Å². The zero-order valence-electron chi connectivity index (χ0n) is 18.0. The van der Waals surface area contributed by atoms with Gasteiger partial charge in [0.25, 0.3) is 0 Å². The van der Waals surface area contributed by atoms with Gasteiger partial charge in [0.05, 0.1) is 5.30 Å². The first-order valence-corrected chi connectivity index (χ1v) is 12.2. The Bertz CT molecular complexity index is 918. The highest BCUT2D eigenvalue weighted by Crippen LogP contribution is 2.55. The van der Waals surface area contributed by atoms with Crippen LogP contribution in [0.15, 0.2) is 30.3 Å². The molecular formula is C24H33O3P. The van der Waals surface area contributed by atoms with E-state index in [9.17, 15) is 9.46 Å². The van der Waals surface area contributed by atoms with Crippen molar-refractivity contribution in [2.45, 2.75) is 78.6 Å². The van der Waals surface area contributed by atoms with Gasteiger partial charge in [0.1, 0.15) is 5.75 Å². The van der Waals surface area contributed by atoms with E-state index in [-0.39, 0.29) is 5.92 Å². The lowest BCUT2D eigenvalue weighted by molar-refractivity contribution is 0.389. The minimum atomic E-state index is -3.91. The molecule has 0 aliphatic carbocycles. The first kappa shape index (κ1) is 21.1. The molecule has 0 fully saturated rings. The van der Waals surface area contributed by atoms with Gasteiger partial charge in [-0.25, -0.2) is 4.57 Å². The molecule has 1 aliphatic rings. The Morgan fingerprint density at radius 3 is 2.07 bits per heavy atom. The lowest BCUT2D eigenvalue weighted by Crippen LogP contribution is -2.20. The highest BCUT2D eigenvalue weighted by molar-refractivity contribution is 7.62. The standard InChI is InChI=1S/C24H33O3P/c1-7-15(4)18-10-11-20-22-13-19(16(5)8-2)12-21(17(6)9-3)24(22)27-28(25,26)23(20)14-18/h10-17H,7-9H2,1-6H3,(H,25,26). The van der Waals surface area contributed by atoms with Crippen LogP contribution in [0.2, 0.25) is 0 Å². The van der Waals surface area contributed by atoms with E-state index in [0.29, 0.717) is 22.9 Å². The van der Waals surface area contributed by atoms with Crippen molar-refractivity contribution in [3.05, 3.63) is 47.0 Å². The van der Waals surface area contributed by atoms with Gasteiger partial charge in [-0.3, -0.25) is 0 Å². The summed E-state index contributed by atoms with van der Waals surface area (Å²) >= 11 is 0. The largest absolute Gasteiger partial charge is 0.420 e. The van der Waals surface area contributed by atoms with Gasteiger partial charge in [0.2, 0.25) is 0 Å². The molecule has 4 atom stereocenters. The Labute approximate surface area is 169 Å². The monoisotopic (exact) mass is 400 g/mol. The fraction of sp³-hybridized carbons (Fsp3) is 0.500. The van der Waals surface area contributed by atoms with E-state index in [1.165, 1.54) is 5.56 Å². The van der Waals surface area contributed by atoms with Crippen molar-refractivity contribution in [3.63, 3.8) is 0 Å². The van der Waals surface area contributed by atoms with Crippen LogP contribution in [-0.2, 0) is 4.57 Å². The van der Waals surface area contributed by atoms with Crippen LogP contribution >= 0.6 is 7.60 Å². The summed E-state index contributed by atoms with van der Waals surface area (Å²) in [7, 11) is -3.91. The molecule has 0 radical (unpaired) electrons. The molecule has 0 saturated heterocycles. The minimum absolute atomic E-state index is 0.263. The zero-order chi connectivity index (χ0) is 20.6. The molecule has 0 saturated carbocycles. The topological polar surface area (TPSA) is 46.5 Å². The zero-order valence-corrected chi connectivity index (χ0v) is 18.8. The maximum atomic E-state index is 13.2. The third-order valence-electron chi connectivity index (χ3n) is 6.48. The summed E-state index contributed by atoms with van der Waals surface area (Å²) in [4.78, 5) is 10.8. The van der Waals surface area contributed by atoms with Gasteiger partial charge in [-0.05, 0) is 65.8 Å². The third kappa shape index (κ3) is 3.67. The Morgan fingerprint density at radius 1 is 0.857 bits per heavy atom. The summed E-state index contributed by atoms with van der Waals surface area (Å²) in [6, 6.07) is 10.3. The molecule has 28 heavy (non-hydrogen) atoms. The summed E-state index contributed by atoms with van der Waals surface area (Å²) in [5.41, 5.74) is 5.20. The van der Waals surface area contributed by atoms with Gasteiger partial charge < -0.3 is 9.42 Å². The van der Waals surface area contributed by atoms with Crippen molar-refractivity contribution in [1.29, 1.82) is 0 Å². The smallest absolute Gasteiger partial charge is 0.408 e.